The van der Waals surface area contributed by atoms with E-state index in [0.717, 1.165) is 0 Å². The van der Waals surface area contributed by atoms with Gasteiger partial charge in [0.2, 0.25) is 0 Å². The summed E-state index contributed by atoms with van der Waals surface area (Å²) in [5.74, 6) is -0.443. The first-order chi connectivity index (χ1) is 8.63. The van der Waals surface area contributed by atoms with Crippen molar-refractivity contribution < 1.29 is 9.90 Å². The lowest BCUT2D eigenvalue weighted by Gasteiger charge is -2.28. The summed E-state index contributed by atoms with van der Waals surface area (Å²) >= 11 is 0. The van der Waals surface area contributed by atoms with E-state index in [1.807, 2.05) is 13.8 Å². The molecule has 0 saturated heterocycles. The van der Waals surface area contributed by atoms with Crippen LogP contribution in [0, 0.1) is 0 Å². The molecule has 0 aromatic carbocycles. The largest absolute Gasteiger partial charge is 0.480 e. The zero-order chi connectivity index (χ0) is 13.2. The molecule has 2 aromatic heterocycles. The lowest BCUT2D eigenvalue weighted by atomic mass is 9.93. The molecule has 0 aliphatic heterocycles. The Balaban J connectivity index is 2.43. The van der Waals surface area contributed by atoms with Gasteiger partial charge in [-0.2, -0.15) is 4.52 Å². The summed E-state index contributed by atoms with van der Waals surface area (Å²) in [5.41, 5.74) is -0.575. The Hall–Kier alpha value is -2.25. The van der Waals surface area contributed by atoms with E-state index in [-0.39, 0.29) is 0 Å². The number of tetrazole rings is 1. The fourth-order valence-corrected chi connectivity index (χ4v) is 1.79. The van der Waals surface area contributed by atoms with Crippen LogP contribution in [0.3, 0.4) is 0 Å². The first-order valence-electron chi connectivity index (χ1n) is 5.66. The van der Waals surface area contributed by atoms with E-state index < -0.39 is 11.5 Å². The molecule has 0 unspecified atom stereocenters. The minimum Gasteiger partial charge on any atom is -0.480 e. The molecule has 8 heteroatoms. The average molecular weight is 250 g/mol. The van der Waals surface area contributed by atoms with Crippen LogP contribution in [0.25, 0.3) is 5.65 Å². The third-order valence-electron chi connectivity index (χ3n) is 3.09. The molecule has 0 fully saturated rings. The molecule has 0 atom stereocenters. The summed E-state index contributed by atoms with van der Waals surface area (Å²) in [7, 11) is 0. The summed E-state index contributed by atoms with van der Waals surface area (Å²) in [6.45, 7) is 3.63. The molecule has 0 aliphatic rings. The van der Waals surface area contributed by atoms with Crippen LogP contribution in [0.15, 0.2) is 12.4 Å². The summed E-state index contributed by atoms with van der Waals surface area (Å²) < 4.78 is 1.43. The Bertz CT molecular complexity index is 562. The minimum absolute atomic E-state index is 0.442. The average Bonchev–Trinajstić information content (AvgIpc) is 2.84. The number of aromatic nitrogens is 5. The molecule has 8 nitrogen and oxygen atoms in total. The van der Waals surface area contributed by atoms with E-state index in [2.05, 4.69) is 25.8 Å². The van der Waals surface area contributed by atoms with Crippen LogP contribution in [-0.2, 0) is 4.79 Å². The third kappa shape index (κ3) is 1.85. The maximum Gasteiger partial charge on any atom is 0.329 e. The zero-order valence-electron chi connectivity index (χ0n) is 10.2. The lowest BCUT2D eigenvalue weighted by molar-refractivity contribution is -0.142. The summed E-state index contributed by atoms with van der Waals surface area (Å²) in [5, 5.41) is 23.4. The van der Waals surface area contributed by atoms with Gasteiger partial charge in [0.1, 0.15) is 5.54 Å². The number of rotatable bonds is 5. The lowest BCUT2D eigenvalue weighted by Crippen LogP contribution is -2.45. The first-order valence-corrected chi connectivity index (χ1v) is 5.66. The summed E-state index contributed by atoms with van der Waals surface area (Å²) in [4.78, 5) is 15.4. The number of hydrogen-bond donors (Lipinski definition) is 2. The molecule has 0 saturated carbocycles. The van der Waals surface area contributed by atoms with Gasteiger partial charge in [-0.1, -0.05) is 13.8 Å². The van der Waals surface area contributed by atoms with Gasteiger partial charge < -0.3 is 10.4 Å². The SMILES string of the molecule is CCC(CC)(Nc1cncc2nnnn12)C(=O)O. The predicted octanol–water partition coefficient (Wildman–Crippen LogP) is 0.575. The molecule has 0 radical (unpaired) electrons. The summed E-state index contributed by atoms with van der Waals surface area (Å²) in [6, 6.07) is 0. The number of carboxylic acids is 1. The van der Waals surface area contributed by atoms with Crippen LogP contribution in [0.5, 0.6) is 0 Å². The van der Waals surface area contributed by atoms with Crippen molar-refractivity contribution in [3.8, 4) is 0 Å². The first kappa shape index (κ1) is 12.2. The van der Waals surface area contributed by atoms with Gasteiger partial charge in [0.05, 0.1) is 12.4 Å². The highest BCUT2D eigenvalue weighted by molar-refractivity contribution is 5.82. The molecule has 0 spiro atoms. The topological polar surface area (TPSA) is 105 Å². The van der Waals surface area contributed by atoms with Crippen molar-refractivity contribution in [1.82, 2.24) is 25.0 Å². The van der Waals surface area contributed by atoms with Gasteiger partial charge in [0.15, 0.2) is 11.5 Å². The molecule has 0 amide bonds. The Morgan fingerprint density at radius 3 is 2.78 bits per heavy atom. The van der Waals surface area contributed by atoms with Crippen molar-refractivity contribution in [2.45, 2.75) is 32.2 Å². The van der Waals surface area contributed by atoms with Gasteiger partial charge in [-0.05, 0) is 23.3 Å². The van der Waals surface area contributed by atoms with Crippen molar-refractivity contribution in [2.24, 2.45) is 0 Å². The van der Waals surface area contributed by atoms with Gasteiger partial charge in [-0.15, -0.1) is 5.10 Å². The van der Waals surface area contributed by atoms with Gasteiger partial charge >= 0.3 is 5.97 Å². The summed E-state index contributed by atoms with van der Waals surface area (Å²) in [6.07, 6.45) is 3.90. The van der Waals surface area contributed by atoms with Crippen LogP contribution < -0.4 is 5.32 Å². The highest BCUT2D eigenvalue weighted by atomic mass is 16.4. The number of nitrogens with zero attached hydrogens (tertiary/aromatic N) is 5. The van der Waals surface area contributed by atoms with Crippen LogP contribution in [0.1, 0.15) is 26.7 Å². The molecule has 96 valence electrons. The number of hydrogen-bond acceptors (Lipinski definition) is 6. The third-order valence-corrected chi connectivity index (χ3v) is 3.09. The number of carbonyl (C=O) groups is 1. The van der Waals surface area contributed by atoms with Gasteiger partial charge in [-0.3, -0.25) is 4.98 Å². The molecule has 18 heavy (non-hydrogen) atoms. The number of carboxylic acid groups (broad SMARTS) is 1. The molecule has 2 aromatic rings. The monoisotopic (exact) mass is 250 g/mol. The number of fused-ring (bicyclic) bond motifs is 1. The quantitative estimate of drug-likeness (QED) is 0.799. The Morgan fingerprint density at radius 1 is 1.44 bits per heavy atom. The maximum absolute atomic E-state index is 11.4. The fraction of sp³-hybridized carbons (Fsp3) is 0.500. The molecular formula is C10H14N6O2. The van der Waals surface area contributed by atoms with Crippen LogP contribution in [0.4, 0.5) is 5.82 Å². The fourth-order valence-electron chi connectivity index (χ4n) is 1.79. The molecule has 0 aliphatic carbocycles. The van der Waals surface area contributed by atoms with E-state index in [4.69, 9.17) is 0 Å². The van der Waals surface area contributed by atoms with E-state index in [0.29, 0.717) is 24.3 Å². The van der Waals surface area contributed by atoms with E-state index in [1.54, 1.807) is 0 Å². The van der Waals surface area contributed by atoms with Crippen molar-refractivity contribution in [1.29, 1.82) is 0 Å². The standard InChI is InChI=1S/C10H14N6O2/c1-3-10(4-2,9(17)18)12-7-5-11-6-8-13-14-15-16(7)8/h5-6,12H,3-4H2,1-2H3,(H,17,18). The van der Waals surface area contributed by atoms with Gasteiger partial charge in [0, 0.05) is 0 Å². The second-order valence-corrected chi connectivity index (χ2v) is 3.96. The smallest absolute Gasteiger partial charge is 0.329 e. The van der Waals surface area contributed by atoms with E-state index >= 15 is 0 Å². The van der Waals surface area contributed by atoms with Crippen LogP contribution in [-0.4, -0.2) is 41.6 Å². The molecule has 0 bridgehead atoms. The molecule has 2 rings (SSSR count). The highest BCUT2D eigenvalue weighted by Gasteiger charge is 2.35. The normalized spacial score (nSPS) is 11.7. The zero-order valence-corrected chi connectivity index (χ0v) is 10.2. The van der Waals surface area contributed by atoms with Crippen molar-refractivity contribution in [2.75, 3.05) is 5.32 Å². The number of anilines is 1. The Labute approximate surface area is 103 Å². The molecular weight excluding hydrogens is 236 g/mol. The number of aliphatic carboxylic acids is 1. The Morgan fingerprint density at radius 2 is 2.17 bits per heavy atom. The van der Waals surface area contributed by atoms with Gasteiger partial charge in [-0.25, -0.2) is 4.79 Å². The highest BCUT2D eigenvalue weighted by Crippen LogP contribution is 2.22. The van der Waals surface area contributed by atoms with E-state index in [9.17, 15) is 9.90 Å². The molecule has 2 heterocycles. The van der Waals surface area contributed by atoms with E-state index in [1.165, 1.54) is 16.9 Å². The maximum atomic E-state index is 11.4. The van der Waals surface area contributed by atoms with Crippen LogP contribution >= 0.6 is 0 Å². The van der Waals surface area contributed by atoms with Crippen molar-refractivity contribution >= 4 is 17.4 Å². The predicted molar refractivity (Wildman–Crippen MR) is 63.1 cm³/mol. The van der Waals surface area contributed by atoms with Crippen molar-refractivity contribution in [3.63, 3.8) is 0 Å². The van der Waals surface area contributed by atoms with Gasteiger partial charge in [0.25, 0.3) is 0 Å². The number of nitrogens with one attached hydrogen (secondary N) is 1. The second-order valence-electron chi connectivity index (χ2n) is 3.96. The van der Waals surface area contributed by atoms with Crippen LogP contribution in [0.2, 0.25) is 0 Å². The second kappa shape index (κ2) is 4.55. The molecule has 2 N–H and O–H groups in total. The van der Waals surface area contributed by atoms with Crippen molar-refractivity contribution in [3.05, 3.63) is 12.4 Å². The Kier molecular flexibility index (Phi) is 3.09. The minimum atomic E-state index is -1.04.